The minimum Gasteiger partial charge on any atom is -0.549 e. The number of thioether (sulfide) groups is 1. The van der Waals surface area contributed by atoms with E-state index in [-0.39, 0.29) is 51.4 Å². The zero-order valence-electron chi connectivity index (χ0n) is 14.2. The van der Waals surface area contributed by atoms with Gasteiger partial charge < -0.3 is 9.90 Å². The number of para-hydroxylation sites is 2. The number of nitrogens with zero attached hydrogens (tertiary/aromatic N) is 3. The van der Waals surface area contributed by atoms with Gasteiger partial charge in [-0.3, -0.25) is 4.57 Å². The van der Waals surface area contributed by atoms with Crippen molar-refractivity contribution in [3.63, 3.8) is 0 Å². The van der Waals surface area contributed by atoms with Gasteiger partial charge in [-0.15, -0.1) is 0 Å². The summed E-state index contributed by atoms with van der Waals surface area (Å²) in [4.78, 5) is 15.9. The fraction of sp³-hybridized carbons (Fsp3) is 0.167. The van der Waals surface area contributed by atoms with Crippen LogP contribution >= 0.6 is 11.8 Å². The number of rotatable bonds is 4. The van der Waals surface area contributed by atoms with Crippen molar-refractivity contribution in [3.8, 4) is 11.8 Å². The number of benzene rings is 2. The quantitative estimate of drug-likeness (QED) is 0.455. The van der Waals surface area contributed by atoms with Crippen molar-refractivity contribution in [3.05, 3.63) is 54.1 Å². The van der Waals surface area contributed by atoms with Gasteiger partial charge in [0.15, 0.2) is 5.16 Å². The number of carboxylic acid groups (broad SMARTS) is 1. The Kier molecular flexibility index (Phi) is 6.49. The van der Waals surface area contributed by atoms with Gasteiger partial charge in [-0.05, 0) is 50.2 Å². The van der Waals surface area contributed by atoms with Crippen LogP contribution in [0.2, 0.25) is 0 Å². The molecule has 120 valence electrons. The van der Waals surface area contributed by atoms with Crippen LogP contribution in [0.25, 0.3) is 16.7 Å². The standard InChI is InChI=1S/C18H15N3O2S.K/c1-18(2,16(22)23)24-17-20-14-5-3-4-6-15(14)21(17)13-9-7-12(11-19)8-10-13;/h3-10H,1-2H3,(H,22,23);/q;+1/p-1. The third-order valence-electron chi connectivity index (χ3n) is 3.62. The molecule has 5 nitrogen and oxygen atoms in total. The molecule has 0 spiro atoms. The maximum Gasteiger partial charge on any atom is 1.00 e. The first-order chi connectivity index (χ1) is 11.4. The summed E-state index contributed by atoms with van der Waals surface area (Å²) in [5.41, 5.74) is 3.03. The van der Waals surface area contributed by atoms with Crippen LogP contribution in [0.15, 0.2) is 53.7 Å². The van der Waals surface area contributed by atoms with Crippen LogP contribution < -0.4 is 56.5 Å². The Morgan fingerprint density at radius 3 is 2.44 bits per heavy atom. The monoisotopic (exact) mass is 375 g/mol. The molecule has 0 amide bonds. The first kappa shape index (κ1) is 20.2. The molecule has 1 heterocycles. The Bertz CT molecular complexity index is 959. The smallest absolute Gasteiger partial charge is 0.549 e. The summed E-state index contributed by atoms with van der Waals surface area (Å²) in [5.74, 6) is -1.15. The molecule has 0 radical (unpaired) electrons. The zero-order chi connectivity index (χ0) is 17.3. The molecule has 3 aromatic rings. The molecule has 0 fully saturated rings. The fourth-order valence-corrected chi connectivity index (χ4v) is 3.26. The van der Waals surface area contributed by atoms with E-state index < -0.39 is 10.7 Å². The molecule has 2 aromatic carbocycles. The number of fused-ring (bicyclic) bond motifs is 1. The molecule has 0 aliphatic heterocycles. The van der Waals surface area contributed by atoms with Crippen molar-refractivity contribution >= 4 is 28.8 Å². The molecule has 0 atom stereocenters. The topological polar surface area (TPSA) is 81.7 Å². The first-order valence-corrected chi connectivity index (χ1v) is 8.12. The molecule has 0 bridgehead atoms. The van der Waals surface area contributed by atoms with Crippen molar-refractivity contribution in [2.75, 3.05) is 0 Å². The SMILES string of the molecule is CC(C)(Sc1nc2ccccc2n1-c1ccc(C#N)cc1)C(=O)[O-].[K+]. The largest absolute Gasteiger partial charge is 1.00 e. The first-order valence-electron chi connectivity index (χ1n) is 7.31. The maximum absolute atomic E-state index is 11.4. The molecule has 1 aromatic heterocycles. The zero-order valence-corrected chi connectivity index (χ0v) is 18.1. The summed E-state index contributed by atoms with van der Waals surface area (Å²) < 4.78 is 0.775. The molecule has 0 N–H and O–H groups in total. The molecule has 0 saturated heterocycles. The molecule has 0 saturated carbocycles. The van der Waals surface area contributed by atoms with Crippen LogP contribution in [0.4, 0.5) is 0 Å². The van der Waals surface area contributed by atoms with Gasteiger partial charge in [0.05, 0.1) is 33.4 Å². The summed E-state index contributed by atoms with van der Waals surface area (Å²) in [6, 6.07) is 16.8. The van der Waals surface area contributed by atoms with Crippen molar-refractivity contribution in [1.82, 2.24) is 9.55 Å². The van der Waals surface area contributed by atoms with E-state index in [1.54, 1.807) is 26.0 Å². The summed E-state index contributed by atoms with van der Waals surface area (Å²) in [6.45, 7) is 3.19. The molecule has 25 heavy (non-hydrogen) atoms. The number of aromatic nitrogens is 2. The molecule has 3 rings (SSSR count). The van der Waals surface area contributed by atoms with Crippen LogP contribution in [0.5, 0.6) is 0 Å². The third-order valence-corrected chi connectivity index (χ3v) is 4.76. The van der Waals surface area contributed by atoms with Crippen LogP contribution in [0.3, 0.4) is 0 Å². The van der Waals surface area contributed by atoms with Gasteiger partial charge in [0, 0.05) is 5.69 Å². The summed E-state index contributed by atoms with van der Waals surface area (Å²) in [7, 11) is 0. The van der Waals surface area contributed by atoms with Gasteiger partial charge in [0.1, 0.15) is 0 Å². The number of hydrogen-bond donors (Lipinski definition) is 0. The summed E-state index contributed by atoms with van der Waals surface area (Å²) in [6.07, 6.45) is 0. The molecular formula is C18H14KN3O2S. The Balaban J connectivity index is 0.00000225. The van der Waals surface area contributed by atoms with Gasteiger partial charge in [-0.25, -0.2) is 4.98 Å². The van der Waals surface area contributed by atoms with Crippen molar-refractivity contribution in [2.24, 2.45) is 0 Å². The van der Waals surface area contributed by atoms with E-state index in [1.165, 1.54) is 0 Å². The second-order valence-corrected chi connectivity index (χ2v) is 7.37. The van der Waals surface area contributed by atoms with E-state index in [0.29, 0.717) is 10.7 Å². The van der Waals surface area contributed by atoms with Crippen LogP contribution in [0, 0.1) is 11.3 Å². The number of carbonyl (C=O) groups is 1. The average molecular weight is 375 g/mol. The van der Waals surface area contributed by atoms with E-state index in [9.17, 15) is 9.90 Å². The third kappa shape index (κ3) is 4.17. The second-order valence-electron chi connectivity index (χ2n) is 5.78. The predicted molar refractivity (Wildman–Crippen MR) is 90.7 cm³/mol. The fourth-order valence-electron chi connectivity index (χ4n) is 2.28. The Morgan fingerprint density at radius 1 is 1.20 bits per heavy atom. The minimum absolute atomic E-state index is 0. The predicted octanol–water partition coefficient (Wildman–Crippen LogP) is -0.478. The Morgan fingerprint density at radius 2 is 1.84 bits per heavy atom. The summed E-state index contributed by atoms with van der Waals surface area (Å²) >= 11 is 1.14. The van der Waals surface area contributed by atoms with Crippen molar-refractivity contribution in [2.45, 2.75) is 23.8 Å². The summed E-state index contributed by atoms with van der Waals surface area (Å²) in [5, 5.41) is 20.9. The van der Waals surface area contributed by atoms with Crippen LogP contribution in [-0.2, 0) is 4.79 Å². The minimum atomic E-state index is -1.15. The van der Waals surface area contributed by atoms with E-state index in [2.05, 4.69) is 11.1 Å². The molecule has 0 aliphatic rings. The Hall–Kier alpha value is -1.14. The van der Waals surface area contributed by atoms with Gasteiger partial charge in [0.25, 0.3) is 0 Å². The number of carboxylic acids is 1. The number of imidazole rings is 1. The number of aliphatic carboxylic acids is 1. The number of carbonyl (C=O) groups excluding carboxylic acids is 1. The molecular weight excluding hydrogens is 361 g/mol. The van der Waals surface area contributed by atoms with Crippen LogP contribution in [0.1, 0.15) is 19.4 Å². The van der Waals surface area contributed by atoms with Crippen molar-refractivity contribution in [1.29, 1.82) is 5.26 Å². The van der Waals surface area contributed by atoms with Gasteiger partial charge in [-0.2, -0.15) is 5.26 Å². The molecule has 7 heteroatoms. The van der Waals surface area contributed by atoms with E-state index in [1.807, 2.05) is 41.0 Å². The van der Waals surface area contributed by atoms with Gasteiger partial charge in [-0.1, -0.05) is 23.9 Å². The average Bonchev–Trinajstić information content (AvgIpc) is 2.92. The van der Waals surface area contributed by atoms with E-state index in [4.69, 9.17) is 5.26 Å². The van der Waals surface area contributed by atoms with Crippen LogP contribution in [-0.4, -0.2) is 20.3 Å². The Labute approximate surface area is 192 Å². The second kappa shape index (κ2) is 8.04. The van der Waals surface area contributed by atoms with Crippen molar-refractivity contribution < 1.29 is 61.3 Å². The number of nitriles is 1. The maximum atomic E-state index is 11.4. The normalized spacial score (nSPS) is 10.9. The molecule has 0 aliphatic carbocycles. The van der Waals surface area contributed by atoms with E-state index in [0.717, 1.165) is 28.5 Å². The van der Waals surface area contributed by atoms with E-state index >= 15 is 0 Å². The molecule has 0 unspecified atom stereocenters. The number of hydrogen-bond acceptors (Lipinski definition) is 5. The van der Waals surface area contributed by atoms with Gasteiger partial charge in [0.2, 0.25) is 0 Å². The van der Waals surface area contributed by atoms with Gasteiger partial charge >= 0.3 is 51.4 Å².